The zero-order chi connectivity index (χ0) is 5.44. The summed E-state index contributed by atoms with van der Waals surface area (Å²) >= 11 is 0. The SMILES string of the molecule is O=C1C(O)CN1O. The van der Waals surface area contributed by atoms with Gasteiger partial charge in [0.15, 0.2) is 6.10 Å². The van der Waals surface area contributed by atoms with Gasteiger partial charge in [-0.1, -0.05) is 0 Å². The first-order chi connectivity index (χ1) is 3.22. The largest absolute Gasteiger partial charge is 0.381 e. The van der Waals surface area contributed by atoms with Gasteiger partial charge in [0.2, 0.25) is 0 Å². The van der Waals surface area contributed by atoms with E-state index in [1.807, 2.05) is 0 Å². The van der Waals surface area contributed by atoms with Crippen LogP contribution in [0.2, 0.25) is 0 Å². The van der Waals surface area contributed by atoms with Gasteiger partial charge in [-0.3, -0.25) is 10.0 Å². The van der Waals surface area contributed by atoms with E-state index in [1.165, 1.54) is 0 Å². The van der Waals surface area contributed by atoms with E-state index >= 15 is 0 Å². The van der Waals surface area contributed by atoms with E-state index in [4.69, 9.17) is 10.3 Å². The minimum atomic E-state index is -0.954. The number of hydrogen-bond donors (Lipinski definition) is 2. The highest BCUT2D eigenvalue weighted by molar-refractivity contribution is 5.85. The molecular weight excluding hydrogens is 98.0 g/mol. The lowest BCUT2D eigenvalue weighted by atomic mass is 10.2. The van der Waals surface area contributed by atoms with Crippen LogP contribution in [0.25, 0.3) is 0 Å². The van der Waals surface area contributed by atoms with Gasteiger partial charge in [-0.25, -0.2) is 5.06 Å². The summed E-state index contributed by atoms with van der Waals surface area (Å²) in [6.45, 7) is 0.0544. The molecule has 1 aliphatic heterocycles. The molecule has 1 heterocycles. The van der Waals surface area contributed by atoms with Crippen molar-refractivity contribution in [2.24, 2.45) is 0 Å². The number of hydroxylamine groups is 2. The summed E-state index contributed by atoms with van der Waals surface area (Å²) in [5.74, 6) is -0.611. The van der Waals surface area contributed by atoms with Gasteiger partial charge in [0, 0.05) is 0 Å². The summed E-state index contributed by atoms with van der Waals surface area (Å²) in [5, 5.41) is 17.0. The number of aliphatic hydroxyl groups is 1. The molecule has 0 bridgehead atoms. The van der Waals surface area contributed by atoms with Crippen molar-refractivity contribution in [1.29, 1.82) is 0 Å². The Morgan fingerprint density at radius 2 is 2.43 bits per heavy atom. The predicted octanol–water partition coefficient (Wildman–Crippen LogP) is -1.42. The standard InChI is InChI=1S/C3H5NO3/c5-2-1-4(7)3(2)6/h2,5,7H,1H2. The molecule has 0 saturated carbocycles. The molecule has 1 fully saturated rings. The summed E-state index contributed by atoms with van der Waals surface area (Å²) in [7, 11) is 0. The number of nitrogens with zero attached hydrogens (tertiary/aromatic N) is 1. The maximum Gasteiger partial charge on any atom is 0.276 e. The lowest BCUT2D eigenvalue weighted by Gasteiger charge is -2.28. The van der Waals surface area contributed by atoms with Crippen LogP contribution in [0, 0.1) is 0 Å². The Morgan fingerprint density at radius 1 is 1.86 bits per heavy atom. The molecule has 0 aliphatic carbocycles. The Bertz CT molecular complexity index is 92.4. The Morgan fingerprint density at radius 3 is 2.43 bits per heavy atom. The summed E-state index contributed by atoms with van der Waals surface area (Å²) in [6, 6.07) is 0. The third-order valence-corrected chi connectivity index (χ3v) is 0.885. The van der Waals surface area contributed by atoms with E-state index in [-0.39, 0.29) is 6.54 Å². The number of carbonyl (C=O) groups is 1. The molecule has 1 saturated heterocycles. The van der Waals surface area contributed by atoms with Crippen LogP contribution >= 0.6 is 0 Å². The molecule has 4 heteroatoms. The molecule has 1 atom stereocenters. The van der Waals surface area contributed by atoms with Crippen molar-refractivity contribution in [3.63, 3.8) is 0 Å². The Hall–Kier alpha value is -0.610. The zero-order valence-electron chi connectivity index (χ0n) is 3.53. The van der Waals surface area contributed by atoms with Crippen molar-refractivity contribution in [1.82, 2.24) is 5.06 Å². The van der Waals surface area contributed by atoms with E-state index in [1.54, 1.807) is 0 Å². The molecule has 7 heavy (non-hydrogen) atoms. The van der Waals surface area contributed by atoms with Crippen LogP contribution in [-0.2, 0) is 4.79 Å². The third-order valence-electron chi connectivity index (χ3n) is 0.885. The quantitative estimate of drug-likeness (QED) is 0.292. The van der Waals surface area contributed by atoms with Gasteiger partial charge in [-0.2, -0.15) is 0 Å². The van der Waals surface area contributed by atoms with Gasteiger partial charge in [0.1, 0.15) is 0 Å². The van der Waals surface area contributed by atoms with Crippen LogP contribution in [0.15, 0.2) is 0 Å². The molecule has 1 amide bonds. The average Bonchev–Trinajstić information content (AvgIpc) is 1.68. The van der Waals surface area contributed by atoms with E-state index < -0.39 is 12.0 Å². The first-order valence-corrected chi connectivity index (χ1v) is 1.90. The normalized spacial score (nSPS) is 30.3. The molecule has 0 aromatic carbocycles. The highest BCUT2D eigenvalue weighted by Crippen LogP contribution is 2.03. The average molecular weight is 103 g/mol. The Kier molecular flexibility index (Phi) is 0.765. The van der Waals surface area contributed by atoms with Crippen LogP contribution in [0.5, 0.6) is 0 Å². The number of β-lactam (4-membered cyclic amide) rings is 1. The van der Waals surface area contributed by atoms with Crippen LogP contribution in [0.3, 0.4) is 0 Å². The highest BCUT2D eigenvalue weighted by atomic mass is 16.5. The number of carbonyl (C=O) groups excluding carboxylic acids is 1. The minimum Gasteiger partial charge on any atom is -0.381 e. The lowest BCUT2D eigenvalue weighted by molar-refractivity contribution is -0.207. The van der Waals surface area contributed by atoms with Crippen molar-refractivity contribution in [2.75, 3.05) is 6.54 Å². The van der Waals surface area contributed by atoms with Gasteiger partial charge < -0.3 is 5.11 Å². The molecule has 0 aromatic heterocycles. The summed E-state index contributed by atoms with van der Waals surface area (Å²) in [6.07, 6.45) is -0.954. The molecule has 4 nitrogen and oxygen atoms in total. The maximum atomic E-state index is 9.99. The highest BCUT2D eigenvalue weighted by Gasteiger charge is 2.33. The topological polar surface area (TPSA) is 60.8 Å². The van der Waals surface area contributed by atoms with Crippen LogP contribution in [0.1, 0.15) is 0 Å². The van der Waals surface area contributed by atoms with Crippen molar-refractivity contribution < 1.29 is 15.1 Å². The fourth-order valence-corrected chi connectivity index (χ4v) is 0.391. The van der Waals surface area contributed by atoms with Gasteiger partial charge in [-0.05, 0) is 0 Å². The van der Waals surface area contributed by atoms with E-state index in [0.717, 1.165) is 0 Å². The number of aliphatic hydroxyl groups excluding tert-OH is 1. The molecular formula is C3H5NO3. The molecule has 1 unspecified atom stereocenters. The third kappa shape index (κ3) is 0.477. The molecule has 40 valence electrons. The first-order valence-electron chi connectivity index (χ1n) is 1.90. The van der Waals surface area contributed by atoms with Crippen LogP contribution in [-0.4, -0.2) is 33.9 Å². The molecule has 1 rings (SSSR count). The van der Waals surface area contributed by atoms with Gasteiger partial charge in [-0.15, -0.1) is 0 Å². The van der Waals surface area contributed by atoms with E-state index in [9.17, 15) is 4.79 Å². The Labute approximate surface area is 39.9 Å². The second-order valence-electron chi connectivity index (χ2n) is 1.44. The molecule has 0 spiro atoms. The molecule has 0 aromatic rings. The number of rotatable bonds is 0. The second-order valence-corrected chi connectivity index (χ2v) is 1.44. The number of β-amino-alcohol motifs (C(OH)–C–C–N with tert-alkyl or cyclic N) is 1. The molecule has 0 radical (unpaired) electrons. The minimum absolute atomic E-state index is 0.0544. The predicted molar refractivity (Wildman–Crippen MR) is 19.5 cm³/mol. The van der Waals surface area contributed by atoms with Gasteiger partial charge in [0.05, 0.1) is 6.54 Å². The summed E-state index contributed by atoms with van der Waals surface area (Å²) < 4.78 is 0. The van der Waals surface area contributed by atoms with Crippen molar-refractivity contribution in [3.8, 4) is 0 Å². The van der Waals surface area contributed by atoms with E-state index in [0.29, 0.717) is 5.06 Å². The first kappa shape index (κ1) is 4.55. The maximum absolute atomic E-state index is 9.99. The fourth-order valence-electron chi connectivity index (χ4n) is 0.391. The zero-order valence-corrected chi connectivity index (χ0v) is 3.53. The summed E-state index contributed by atoms with van der Waals surface area (Å²) in [5.41, 5.74) is 0. The van der Waals surface area contributed by atoms with Crippen LogP contribution < -0.4 is 0 Å². The van der Waals surface area contributed by atoms with Crippen LogP contribution in [0.4, 0.5) is 0 Å². The van der Waals surface area contributed by atoms with Crippen molar-refractivity contribution in [2.45, 2.75) is 6.10 Å². The molecule has 2 N–H and O–H groups in total. The number of amides is 1. The monoisotopic (exact) mass is 103 g/mol. The van der Waals surface area contributed by atoms with E-state index in [2.05, 4.69) is 0 Å². The summed E-state index contributed by atoms with van der Waals surface area (Å²) in [4.78, 5) is 9.99. The lowest BCUT2D eigenvalue weighted by Crippen LogP contribution is -2.54. The Balaban J connectivity index is 2.44. The molecule has 1 aliphatic rings. The van der Waals surface area contributed by atoms with Gasteiger partial charge in [0.25, 0.3) is 5.91 Å². The van der Waals surface area contributed by atoms with Gasteiger partial charge >= 0.3 is 0 Å². The number of hydrogen-bond acceptors (Lipinski definition) is 3. The van der Waals surface area contributed by atoms with Crippen molar-refractivity contribution in [3.05, 3.63) is 0 Å². The fraction of sp³-hybridized carbons (Fsp3) is 0.667. The smallest absolute Gasteiger partial charge is 0.276 e. The second kappa shape index (κ2) is 1.18. The van der Waals surface area contributed by atoms with Crippen molar-refractivity contribution >= 4 is 5.91 Å².